The summed E-state index contributed by atoms with van der Waals surface area (Å²) in [5.41, 5.74) is 1.31. The second kappa shape index (κ2) is 11.9. The molecule has 7 nitrogen and oxygen atoms in total. The molecule has 192 valence electrons. The standard InChI is InChI=1S/C28H34N2O5S/c1-20(2)19-27(22-11-15-24(34-4)16-12-22)29-28(31)21(3)30(36(5,32)33)23-13-17-26(18-14-23)35-25-9-7-6-8-10-25/h6-18,20-21,27H,19H2,1-5H3,(H,29,31)/t21-,27-/m1/s1. The first-order valence-corrected chi connectivity index (χ1v) is 13.7. The number of nitrogens with one attached hydrogen (secondary N) is 1. The lowest BCUT2D eigenvalue weighted by atomic mass is 9.96. The van der Waals surface area contributed by atoms with Gasteiger partial charge < -0.3 is 14.8 Å². The molecule has 0 heterocycles. The maximum Gasteiger partial charge on any atom is 0.244 e. The molecule has 0 saturated heterocycles. The van der Waals surface area contributed by atoms with Crippen molar-refractivity contribution < 1.29 is 22.7 Å². The molecule has 0 aliphatic heterocycles. The van der Waals surface area contributed by atoms with Crippen molar-refractivity contribution in [2.45, 2.75) is 39.3 Å². The van der Waals surface area contributed by atoms with E-state index in [0.29, 0.717) is 29.5 Å². The zero-order valence-electron chi connectivity index (χ0n) is 21.3. The SMILES string of the molecule is COc1ccc([C@@H](CC(C)C)NC(=O)[C@@H](C)N(c2ccc(Oc3ccccc3)cc2)S(C)(=O)=O)cc1. The number of ether oxygens (including phenoxy) is 2. The molecule has 0 aromatic heterocycles. The van der Waals surface area contributed by atoms with E-state index in [2.05, 4.69) is 19.2 Å². The summed E-state index contributed by atoms with van der Waals surface area (Å²) in [7, 11) is -2.15. The van der Waals surface area contributed by atoms with Crippen LogP contribution >= 0.6 is 0 Å². The highest BCUT2D eigenvalue weighted by atomic mass is 32.2. The van der Waals surface area contributed by atoms with Crippen molar-refractivity contribution in [3.63, 3.8) is 0 Å². The van der Waals surface area contributed by atoms with Gasteiger partial charge in [0.15, 0.2) is 0 Å². The molecule has 0 saturated carbocycles. The fourth-order valence-electron chi connectivity index (χ4n) is 3.97. The van der Waals surface area contributed by atoms with Gasteiger partial charge in [-0.05, 0) is 73.4 Å². The maximum absolute atomic E-state index is 13.3. The highest BCUT2D eigenvalue weighted by Gasteiger charge is 2.30. The Morgan fingerprint density at radius 2 is 1.42 bits per heavy atom. The van der Waals surface area contributed by atoms with Crippen molar-refractivity contribution in [3.05, 3.63) is 84.4 Å². The van der Waals surface area contributed by atoms with E-state index in [1.807, 2.05) is 54.6 Å². The summed E-state index contributed by atoms with van der Waals surface area (Å²) in [6, 6.07) is 22.2. The van der Waals surface area contributed by atoms with Crippen molar-refractivity contribution in [1.29, 1.82) is 0 Å². The fraction of sp³-hybridized carbons (Fsp3) is 0.321. The Balaban J connectivity index is 1.81. The number of anilines is 1. The van der Waals surface area contributed by atoms with Crippen LogP contribution in [-0.4, -0.2) is 33.7 Å². The minimum atomic E-state index is -3.75. The number of hydrogen-bond acceptors (Lipinski definition) is 5. The minimum Gasteiger partial charge on any atom is -0.497 e. The van der Waals surface area contributed by atoms with E-state index < -0.39 is 16.1 Å². The summed E-state index contributed by atoms with van der Waals surface area (Å²) < 4.78 is 37.7. The Hall–Kier alpha value is -3.52. The average Bonchev–Trinajstić information content (AvgIpc) is 2.84. The Labute approximate surface area is 214 Å². The lowest BCUT2D eigenvalue weighted by molar-refractivity contribution is -0.122. The smallest absolute Gasteiger partial charge is 0.244 e. The number of carbonyl (C=O) groups is 1. The Kier molecular flexibility index (Phi) is 8.98. The van der Waals surface area contributed by atoms with Gasteiger partial charge in [-0.1, -0.05) is 44.2 Å². The van der Waals surface area contributed by atoms with E-state index in [1.165, 1.54) is 0 Å². The quantitative estimate of drug-likeness (QED) is 0.366. The second-order valence-electron chi connectivity index (χ2n) is 9.11. The van der Waals surface area contributed by atoms with E-state index >= 15 is 0 Å². The van der Waals surface area contributed by atoms with Crippen molar-refractivity contribution in [1.82, 2.24) is 5.32 Å². The van der Waals surface area contributed by atoms with Gasteiger partial charge in [-0.3, -0.25) is 9.10 Å². The zero-order valence-corrected chi connectivity index (χ0v) is 22.2. The van der Waals surface area contributed by atoms with E-state index in [9.17, 15) is 13.2 Å². The van der Waals surface area contributed by atoms with Gasteiger partial charge >= 0.3 is 0 Å². The Morgan fingerprint density at radius 3 is 1.94 bits per heavy atom. The van der Waals surface area contributed by atoms with Crippen molar-refractivity contribution in [2.24, 2.45) is 5.92 Å². The van der Waals surface area contributed by atoms with Crippen LogP contribution in [0, 0.1) is 5.92 Å². The summed E-state index contributed by atoms with van der Waals surface area (Å²) in [6.07, 6.45) is 1.80. The van der Waals surface area contributed by atoms with E-state index in [-0.39, 0.29) is 11.9 Å². The van der Waals surface area contributed by atoms with Crippen molar-refractivity contribution >= 4 is 21.6 Å². The maximum atomic E-state index is 13.3. The minimum absolute atomic E-state index is 0.270. The third-order valence-corrected chi connectivity index (χ3v) is 6.94. The molecule has 0 unspecified atom stereocenters. The van der Waals surface area contributed by atoms with Crippen LogP contribution in [0.15, 0.2) is 78.9 Å². The number of benzene rings is 3. The van der Waals surface area contributed by atoms with Gasteiger partial charge in [0.05, 0.1) is 25.1 Å². The van der Waals surface area contributed by atoms with Crippen LogP contribution in [0.5, 0.6) is 17.2 Å². The first-order chi connectivity index (χ1) is 17.1. The molecular formula is C28H34N2O5S. The molecule has 3 rings (SSSR count). The third-order valence-electron chi connectivity index (χ3n) is 5.70. The van der Waals surface area contributed by atoms with Crippen molar-refractivity contribution in [3.8, 4) is 17.2 Å². The Morgan fingerprint density at radius 1 is 0.861 bits per heavy atom. The van der Waals surface area contributed by atoms with Crippen LogP contribution in [0.3, 0.4) is 0 Å². The number of hydrogen-bond donors (Lipinski definition) is 1. The van der Waals surface area contributed by atoms with Gasteiger partial charge in [-0.15, -0.1) is 0 Å². The molecule has 0 radical (unpaired) electrons. The van der Waals surface area contributed by atoms with Crippen LogP contribution in [0.25, 0.3) is 0 Å². The molecule has 3 aromatic rings. The van der Waals surface area contributed by atoms with Gasteiger partial charge in [-0.2, -0.15) is 0 Å². The molecule has 1 N–H and O–H groups in total. The van der Waals surface area contributed by atoms with Crippen LogP contribution < -0.4 is 19.1 Å². The summed E-state index contributed by atoms with van der Waals surface area (Å²) in [5.74, 6) is 1.90. The summed E-state index contributed by atoms with van der Waals surface area (Å²) in [6.45, 7) is 5.74. The van der Waals surface area contributed by atoms with E-state index in [4.69, 9.17) is 9.47 Å². The predicted molar refractivity (Wildman–Crippen MR) is 143 cm³/mol. The number of amides is 1. The topological polar surface area (TPSA) is 84.9 Å². The third kappa shape index (κ3) is 7.24. The first kappa shape index (κ1) is 27.1. The number of carbonyl (C=O) groups excluding carboxylic acids is 1. The average molecular weight is 511 g/mol. The molecular weight excluding hydrogens is 476 g/mol. The zero-order chi connectivity index (χ0) is 26.3. The van der Waals surface area contributed by atoms with Crippen LogP contribution in [0.1, 0.15) is 38.8 Å². The molecule has 3 aromatic carbocycles. The lowest BCUT2D eigenvalue weighted by Gasteiger charge is -2.30. The number of sulfonamides is 1. The first-order valence-electron chi connectivity index (χ1n) is 11.8. The number of para-hydroxylation sites is 1. The molecule has 0 bridgehead atoms. The Bertz CT molecular complexity index is 1230. The van der Waals surface area contributed by atoms with Crippen molar-refractivity contribution in [2.75, 3.05) is 17.7 Å². The molecule has 0 spiro atoms. The van der Waals surface area contributed by atoms with Crippen LogP contribution in [-0.2, 0) is 14.8 Å². The summed E-state index contributed by atoms with van der Waals surface area (Å²) in [4.78, 5) is 13.3. The fourth-order valence-corrected chi connectivity index (χ4v) is 5.15. The molecule has 1 amide bonds. The van der Waals surface area contributed by atoms with Crippen LogP contribution in [0.2, 0.25) is 0 Å². The monoisotopic (exact) mass is 510 g/mol. The van der Waals surface area contributed by atoms with Gasteiger partial charge in [0, 0.05) is 0 Å². The largest absolute Gasteiger partial charge is 0.497 e. The van der Waals surface area contributed by atoms with E-state index in [1.54, 1.807) is 38.3 Å². The number of nitrogens with zero attached hydrogens (tertiary/aromatic N) is 1. The molecule has 0 aliphatic rings. The number of methoxy groups -OCH3 is 1. The van der Waals surface area contributed by atoms with Gasteiger partial charge in [0.25, 0.3) is 0 Å². The van der Waals surface area contributed by atoms with Crippen LogP contribution in [0.4, 0.5) is 5.69 Å². The molecule has 0 aliphatic carbocycles. The lowest BCUT2D eigenvalue weighted by Crippen LogP contribution is -2.48. The molecule has 0 fully saturated rings. The predicted octanol–water partition coefficient (Wildman–Crippen LogP) is 5.55. The molecule has 2 atom stereocenters. The normalized spacial score (nSPS) is 13.1. The van der Waals surface area contributed by atoms with E-state index in [0.717, 1.165) is 21.9 Å². The molecule has 36 heavy (non-hydrogen) atoms. The highest BCUT2D eigenvalue weighted by Crippen LogP contribution is 2.28. The summed E-state index contributed by atoms with van der Waals surface area (Å²) >= 11 is 0. The van der Waals surface area contributed by atoms with Gasteiger partial charge in [-0.25, -0.2) is 8.42 Å². The summed E-state index contributed by atoms with van der Waals surface area (Å²) in [5, 5.41) is 3.06. The van der Waals surface area contributed by atoms with Gasteiger partial charge in [0.2, 0.25) is 15.9 Å². The molecule has 8 heteroatoms. The van der Waals surface area contributed by atoms with Gasteiger partial charge in [0.1, 0.15) is 23.3 Å². The number of rotatable bonds is 11. The highest BCUT2D eigenvalue weighted by molar-refractivity contribution is 7.92. The second-order valence-corrected chi connectivity index (χ2v) is 11.0.